The fourth-order valence-corrected chi connectivity index (χ4v) is 4.89. The minimum Gasteiger partial charge on any atom is -0.497 e. The second kappa shape index (κ2) is 12.4. The highest BCUT2D eigenvalue weighted by atomic mass is 35.5. The van der Waals surface area contributed by atoms with Gasteiger partial charge in [-0.1, -0.05) is 56.3 Å². The maximum atomic E-state index is 13.3. The Morgan fingerprint density at radius 2 is 1.70 bits per heavy atom. The molecule has 0 unspecified atom stereocenters. The highest BCUT2D eigenvalue weighted by Gasteiger charge is 2.52. The van der Waals surface area contributed by atoms with Crippen LogP contribution in [0.1, 0.15) is 50.3 Å². The van der Waals surface area contributed by atoms with Crippen LogP contribution < -0.4 is 15.4 Å². The lowest BCUT2D eigenvalue weighted by molar-refractivity contribution is -0.133. The molecule has 0 aliphatic carbocycles. The van der Waals surface area contributed by atoms with Crippen molar-refractivity contribution in [2.45, 2.75) is 51.2 Å². The normalized spacial score (nSPS) is 17.9. The summed E-state index contributed by atoms with van der Waals surface area (Å²) in [5, 5.41) is 6.17. The Morgan fingerprint density at radius 1 is 1.05 bits per heavy atom. The molecule has 2 fully saturated rings. The Hall–Kier alpha value is -3.10. The number of urea groups is 1. The molecular formula is C28H37ClN4O4. The third kappa shape index (κ3) is 6.62. The zero-order chi connectivity index (χ0) is 25.7. The summed E-state index contributed by atoms with van der Waals surface area (Å²) in [6, 6.07) is 17.0. The van der Waals surface area contributed by atoms with Crippen LogP contribution in [0.3, 0.4) is 0 Å². The second-order valence-corrected chi connectivity index (χ2v) is 10.0. The van der Waals surface area contributed by atoms with Gasteiger partial charge in [0.15, 0.2) is 0 Å². The van der Waals surface area contributed by atoms with Gasteiger partial charge in [-0.25, -0.2) is 4.79 Å². The minimum absolute atomic E-state index is 0. The number of imide groups is 1. The van der Waals surface area contributed by atoms with E-state index in [9.17, 15) is 14.4 Å². The van der Waals surface area contributed by atoms with Crippen LogP contribution in [0.2, 0.25) is 0 Å². The standard InChI is InChI=1S/C28H36N4O4.ClH/c1-20(2)25(33)29-24(22-7-5-4-6-8-22)13-16-31-17-14-28(15-18-31)26(34)32(27(35)30-28)19-21-9-11-23(36-3)12-10-21;/h4-12,20,24H,13-19H2,1-3H3,(H,29,33)(H,30,35);1H/t24-;/m0./s1. The number of hydrogen-bond donors (Lipinski definition) is 2. The molecule has 2 aliphatic heterocycles. The number of carbonyl (C=O) groups excluding carboxylic acids is 3. The number of likely N-dealkylation sites (tertiary alicyclic amines) is 1. The average molecular weight is 529 g/mol. The van der Waals surface area contributed by atoms with Crippen molar-refractivity contribution in [3.8, 4) is 5.75 Å². The molecule has 2 heterocycles. The number of ether oxygens (including phenoxy) is 1. The molecule has 37 heavy (non-hydrogen) atoms. The molecule has 8 nitrogen and oxygen atoms in total. The minimum atomic E-state index is -0.829. The van der Waals surface area contributed by atoms with Gasteiger partial charge in [-0.2, -0.15) is 0 Å². The van der Waals surface area contributed by atoms with E-state index < -0.39 is 5.54 Å². The van der Waals surface area contributed by atoms with Gasteiger partial charge in [0.2, 0.25) is 5.91 Å². The number of nitrogens with zero attached hydrogens (tertiary/aromatic N) is 2. The Morgan fingerprint density at radius 3 is 2.30 bits per heavy atom. The first kappa shape index (κ1) is 28.5. The SMILES string of the molecule is COc1ccc(CN2C(=O)NC3(CCN(CC[C@H](NC(=O)C(C)C)c4ccccc4)CC3)C2=O)cc1.Cl. The molecule has 1 atom stereocenters. The fourth-order valence-electron chi connectivity index (χ4n) is 4.89. The maximum Gasteiger partial charge on any atom is 0.325 e. The number of amides is 4. The fraction of sp³-hybridized carbons (Fsp3) is 0.464. The van der Waals surface area contributed by atoms with Crippen LogP contribution in [0, 0.1) is 5.92 Å². The molecule has 200 valence electrons. The topological polar surface area (TPSA) is 91.0 Å². The van der Waals surface area contributed by atoms with Gasteiger partial charge in [0.05, 0.1) is 19.7 Å². The lowest BCUT2D eigenvalue weighted by Crippen LogP contribution is -2.55. The monoisotopic (exact) mass is 528 g/mol. The van der Waals surface area contributed by atoms with Gasteiger partial charge in [-0.05, 0) is 42.5 Å². The molecule has 0 radical (unpaired) electrons. The number of methoxy groups -OCH3 is 1. The van der Waals surface area contributed by atoms with Crippen molar-refractivity contribution in [2.24, 2.45) is 5.92 Å². The van der Waals surface area contributed by atoms with E-state index in [-0.39, 0.29) is 48.8 Å². The molecule has 0 saturated carbocycles. The Bertz CT molecular complexity index is 1070. The van der Waals surface area contributed by atoms with E-state index in [0.29, 0.717) is 25.9 Å². The summed E-state index contributed by atoms with van der Waals surface area (Å²) in [5.74, 6) is 0.550. The summed E-state index contributed by atoms with van der Waals surface area (Å²) in [4.78, 5) is 42.1. The summed E-state index contributed by atoms with van der Waals surface area (Å²) in [6.45, 7) is 6.25. The van der Waals surface area contributed by atoms with E-state index >= 15 is 0 Å². The number of carbonyl (C=O) groups is 3. The summed E-state index contributed by atoms with van der Waals surface area (Å²) in [5.41, 5.74) is 1.14. The van der Waals surface area contributed by atoms with Crippen LogP contribution in [0.4, 0.5) is 4.79 Å². The van der Waals surface area contributed by atoms with Gasteiger partial charge >= 0.3 is 6.03 Å². The molecule has 2 saturated heterocycles. The summed E-state index contributed by atoms with van der Waals surface area (Å²) in [6.07, 6.45) is 1.93. The molecule has 2 aliphatic rings. The summed E-state index contributed by atoms with van der Waals surface area (Å²) in [7, 11) is 1.60. The highest BCUT2D eigenvalue weighted by Crippen LogP contribution is 2.31. The average Bonchev–Trinajstić information content (AvgIpc) is 3.12. The molecule has 1 spiro atoms. The van der Waals surface area contributed by atoms with Crippen LogP contribution in [-0.2, 0) is 16.1 Å². The number of halogens is 1. The van der Waals surface area contributed by atoms with Crippen LogP contribution in [0.5, 0.6) is 5.75 Å². The van der Waals surface area contributed by atoms with Gasteiger partial charge in [0.25, 0.3) is 5.91 Å². The molecule has 2 N–H and O–H groups in total. The number of rotatable bonds is 9. The highest BCUT2D eigenvalue weighted by molar-refractivity contribution is 6.07. The van der Waals surface area contributed by atoms with Crippen LogP contribution >= 0.6 is 12.4 Å². The Balaban J connectivity index is 0.00000380. The molecule has 4 amide bonds. The molecule has 2 aromatic rings. The zero-order valence-electron chi connectivity index (χ0n) is 21.7. The summed E-state index contributed by atoms with van der Waals surface area (Å²) < 4.78 is 5.19. The quantitative estimate of drug-likeness (QED) is 0.482. The smallest absolute Gasteiger partial charge is 0.325 e. The lowest BCUT2D eigenvalue weighted by Gasteiger charge is -2.37. The van der Waals surface area contributed by atoms with Crippen LogP contribution in [-0.4, -0.2) is 59.9 Å². The number of benzene rings is 2. The molecular weight excluding hydrogens is 492 g/mol. The van der Waals surface area contributed by atoms with E-state index in [1.54, 1.807) is 7.11 Å². The van der Waals surface area contributed by atoms with Crippen molar-refractivity contribution < 1.29 is 19.1 Å². The van der Waals surface area contributed by atoms with E-state index in [1.165, 1.54) is 4.90 Å². The van der Waals surface area contributed by atoms with Crippen molar-refractivity contribution in [3.63, 3.8) is 0 Å². The molecule has 2 aromatic carbocycles. The van der Waals surface area contributed by atoms with Crippen molar-refractivity contribution >= 4 is 30.3 Å². The van der Waals surface area contributed by atoms with Crippen molar-refractivity contribution in [2.75, 3.05) is 26.7 Å². The van der Waals surface area contributed by atoms with Crippen molar-refractivity contribution in [1.29, 1.82) is 0 Å². The number of piperidine rings is 1. The van der Waals surface area contributed by atoms with E-state index in [0.717, 1.165) is 29.8 Å². The third-order valence-corrected chi connectivity index (χ3v) is 7.23. The Kier molecular flexibility index (Phi) is 9.56. The van der Waals surface area contributed by atoms with E-state index in [2.05, 4.69) is 15.5 Å². The second-order valence-electron chi connectivity index (χ2n) is 10.0. The third-order valence-electron chi connectivity index (χ3n) is 7.23. The first-order valence-electron chi connectivity index (χ1n) is 12.7. The lowest BCUT2D eigenvalue weighted by atomic mass is 9.87. The largest absolute Gasteiger partial charge is 0.497 e. The Labute approximate surface area is 225 Å². The number of hydrogen-bond acceptors (Lipinski definition) is 5. The van der Waals surface area contributed by atoms with Gasteiger partial charge in [0, 0.05) is 25.6 Å². The molecule has 0 bridgehead atoms. The molecule has 9 heteroatoms. The first-order chi connectivity index (χ1) is 17.3. The van der Waals surface area contributed by atoms with E-state index in [1.807, 2.05) is 68.4 Å². The summed E-state index contributed by atoms with van der Waals surface area (Å²) >= 11 is 0. The first-order valence-corrected chi connectivity index (χ1v) is 12.7. The van der Waals surface area contributed by atoms with E-state index in [4.69, 9.17) is 4.74 Å². The zero-order valence-corrected chi connectivity index (χ0v) is 22.6. The predicted molar refractivity (Wildman–Crippen MR) is 145 cm³/mol. The van der Waals surface area contributed by atoms with Crippen LogP contribution in [0.25, 0.3) is 0 Å². The van der Waals surface area contributed by atoms with Crippen LogP contribution in [0.15, 0.2) is 54.6 Å². The predicted octanol–water partition coefficient (Wildman–Crippen LogP) is 3.91. The van der Waals surface area contributed by atoms with Gasteiger partial charge in [0.1, 0.15) is 11.3 Å². The maximum absolute atomic E-state index is 13.3. The van der Waals surface area contributed by atoms with Gasteiger partial charge in [-0.3, -0.25) is 14.5 Å². The van der Waals surface area contributed by atoms with Gasteiger partial charge in [-0.15, -0.1) is 12.4 Å². The van der Waals surface area contributed by atoms with Crippen molar-refractivity contribution in [1.82, 2.24) is 20.4 Å². The number of nitrogens with one attached hydrogen (secondary N) is 2. The molecule has 0 aromatic heterocycles. The van der Waals surface area contributed by atoms with Crippen molar-refractivity contribution in [3.05, 3.63) is 65.7 Å². The van der Waals surface area contributed by atoms with Gasteiger partial charge < -0.3 is 20.3 Å². The molecule has 4 rings (SSSR count).